The Labute approximate surface area is 116 Å². The smallest absolute Gasteiger partial charge is 0.248 e. The molecule has 0 spiro atoms. The van der Waals surface area contributed by atoms with Gasteiger partial charge in [0, 0.05) is 35.6 Å². The molecule has 0 aliphatic rings. The topological polar surface area (TPSA) is 72.0 Å². The number of benzene rings is 1. The quantitative estimate of drug-likeness (QED) is 0.880. The summed E-state index contributed by atoms with van der Waals surface area (Å²) in [4.78, 5) is 7.89. The zero-order chi connectivity index (χ0) is 14.0. The normalized spacial score (nSPS) is 11.3. The Kier molecular flexibility index (Phi) is 3.73. The van der Waals surface area contributed by atoms with Gasteiger partial charge in [-0.3, -0.25) is 0 Å². The lowest BCUT2D eigenvalue weighted by Gasteiger charge is -2.10. The Morgan fingerprint density at radius 2 is 1.89 bits per heavy atom. The van der Waals surface area contributed by atoms with Crippen LogP contribution in [0.25, 0.3) is 11.1 Å². The summed E-state index contributed by atoms with van der Waals surface area (Å²) in [7, 11) is -1.78. The molecular weight excluding hydrogens is 286 g/mol. The summed E-state index contributed by atoms with van der Waals surface area (Å²) in [5.41, 5.74) is 1.40. The Bertz CT molecular complexity index is 717. The first-order chi connectivity index (χ1) is 8.93. The monoisotopic (exact) mass is 297 g/mol. The highest BCUT2D eigenvalue weighted by atomic mass is 35.5. The summed E-state index contributed by atoms with van der Waals surface area (Å²) in [6, 6.07) is 7.23. The van der Waals surface area contributed by atoms with E-state index in [2.05, 4.69) is 15.3 Å². The molecule has 7 heteroatoms. The Morgan fingerprint density at radius 1 is 1.21 bits per heavy atom. The molecule has 1 N–H and O–H groups in total. The summed E-state index contributed by atoms with van der Waals surface area (Å²) in [6.07, 6.45) is 2.52. The van der Waals surface area contributed by atoms with E-state index in [9.17, 15) is 8.42 Å². The second-order valence-corrected chi connectivity index (χ2v) is 6.23. The van der Waals surface area contributed by atoms with Gasteiger partial charge in [-0.2, -0.15) is 0 Å². The highest BCUT2D eigenvalue weighted by Crippen LogP contribution is 2.31. The number of hydrogen-bond donors (Lipinski definition) is 1. The van der Waals surface area contributed by atoms with Gasteiger partial charge < -0.3 is 5.32 Å². The van der Waals surface area contributed by atoms with Crippen LogP contribution < -0.4 is 5.32 Å². The fraction of sp³-hybridized carbons (Fsp3) is 0.167. The summed E-state index contributed by atoms with van der Waals surface area (Å²) < 4.78 is 22.9. The van der Waals surface area contributed by atoms with Crippen LogP contribution in [0, 0.1) is 0 Å². The van der Waals surface area contributed by atoms with Gasteiger partial charge in [-0.15, -0.1) is 0 Å². The second-order valence-electron chi connectivity index (χ2n) is 3.92. The van der Waals surface area contributed by atoms with Gasteiger partial charge in [-0.1, -0.05) is 29.8 Å². The molecule has 2 aromatic rings. The molecule has 1 heterocycles. The molecule has 0 aliphatic heterocycles. The summed E-state index contributed by atoms with van der Waals surface area (Å²) in [5.74, 6) is 0.420. The molecule has 1 aromatic heterocycles. The predicted octanol–water partition coefficient (Wildman–Crippen LogP) is 2.24. The van der Waals surface area contributed by atoms with Gasteiger partial charge in [-0.25, -0.2) is 18.4 Å². The minimum atomic E-state index is -3.44. The van der Waals surface area contributed by atoms with E-state index in [-0.39, 0.29) is 5.16 Å². The molecule has 0 amide bonds. The third-order valence-corrected chi connectivity index (χ3v) is 3.69. The van der Waals surface area contributed by atoms with Crippen molar-refractivity contribution in [2.75, 3.05) is 18.6 Å². The average molecular weight is 298 g/mol. The predicted molar refractivity (Wildman–Crippen MR) is 75.1 cm³/mol. The largest absolute Gasteiger partial charge is 0.372 e. The Morgan fingerprint density at radius 3 is 2.47 bits per heavy atom. The van der Waals surface area contributed by atoms with Crippen LogP contribution in [0.3, 0.4) is 0 Å². The van der Waals surface area contributed by atoms with Crippen LogP contribution >= 0.6 is 11.6 Å². The van der Waals surface area contributed by atoms with Gasteiger partial charge >= 0.3 is 0 Å². The van der Waals surface area contributed by atoms with Gasteiger partial charge in [0.25, 0.3) is 0 Å². The van der Waals surface area contributed by atoms with E-state index in [1.807, 2.05) is 18.2 Å². The standard InChI is InChI=1S/C12H12ClN3O2S/c1-14-11-9(8-5-3-4-6-10(8)13)7-15-12(16-11)19(2,17)18/h3-7H,1-2H3,(H,14,15,16). The van der Waals surface area contributed by atoms with E-state index in [0.717, 1.165) is 11.8 Å². The molecule has 0 unspecified atom stereocenters. The molecule has 0 aliphatic carbocycles. The molecule has 0 fully saturated rings. The maximum Gasteiger partial charge on any atom is 0.248 e. The number of aromatic nitrogens is 2. The molecule has 100 valence electrons. The lowest BCUT2D eigenvalue weighted by atomic mass is 10.1. The number of rotatable bonds is 3. The van der Waals surface area contributed by atoms with Crippen molar-refractivity contribution in [3.8, 4) is 11.1 Å². The van der Waals surface area contributed by atoms with Crippen LogP contribution in [0.4, 0.5) is 5.82 Å². The number of anilines is 1. The molecule has 5 nitrogen and oxygen atoms in total. The van der Waals surface area contributed by atoms with Crippen molar-refractivity contribution in [2.45, 2.75) is 5.16 Å². The second kappa shape index (κ2) is 5.14. The Hall–Kier alpha value is -1.66. The first kappa shape index (κ1) is 13.8. The lowest BCUT2D eigenvalue weighted by molar-refractivity contribution is 0.593. The molecule has 1 aromatic carbocycles. The van der Waals surface area contributed by atoms with E-state index in [4.69, 9.17) is 11.6 Å². The first-order valence-corrected chi connectivity index (χ1v) is 7.70. The van der Waals surface area contributed by atoms with E-state index in [0.29, 0.717) is 16.4 Å². The van der Waals surface area contributed by atoms with Gasteiger partial charge in [0.2, 0.25) is 15.0 Å². The van der Waals surface area contributed by atoms with Crippen molar-refractivity contribution < 1.29 is 8.42 Å². The molecule has 0 atom stereocenters. The van der Waals surface area contributed by atoms with Crippen molar-refractivity contribution in [1.82, 2.24) is 9.97 Å². The highest BCUT2D eigenvalue weighted by molar-refractivity contribution is 7.90. The highest BCUT2D eigenvalue weighted by Gasteiger charge is 2.16. The third-order valence-electron chi connectivity index (χ3n) is 2.50. The van der Waals surface area contributed by atoms with Gasteiger partial charge in [0.1, 0.15) is 5.82 Å². The molecular formula is C12H12ClN3O2S. The number of hydrogen-bond acceptors (Lipinski definition) is 5. The number of halogens is 1. The SMILES string of the molecule is CNc1nc(S(C)(=O)=O)ncc1-c1ccccc1Cl. The van der Waals surface area contributed by atoms with Gasteiger partial charge in [-0.05, 0) is 6.07 Å². The summed E-state index contributed by atoms with van der Waals surface area (Å²) >= 11 is 6.12. The van der Waals surface area contributed by atoms with Crippen molar-refractivity contribution in [2.24, 2.45) is 0 Å². The van der Waals surface area contributed by atoms with Crippen molar-refractivity contribution >= 4 is 27.3 Å². The number of nitrogens with zero attached hydrogens (tertiary/aromatic N) is 2. The van der Waals surface area contributed by atoms with Crippen LogP contribution in [0.15, 0.2) is 35.6 Å². The van der Waals surface area contributed by atoms with Crippen molar-refractivity contribution in [3.05, 3.63) is 35.5 Å². The van der Waals surface area contributed by atoms with E-state index >= 15 is 0 Å². The molecule has 0 saturated heterocycles. The van der Waals surface area contributed by atoms with Crippen molar-refractivity contribution in [1.29, 1.82) is 0 Å². The molecule has 0 bridgehead atoms. The fourth-order valence-corrected chi connectivity index (χ4v) is 2.35. The molecule has 19 heavy (non-hydrogen) atoms. The first-order valence-electron chi connectivity index (χ1n) is 5.43. The van der Waals surface area contributed by atoms with Crippen LogP contribution in [0.2, 0.25) is 5.02 Å². The zero-order valence-electron chi connectivity index (χ0n) is 10.4. The van der Waals surface area contributed by atoms with Crippen LogP contribution in [-0.2, 0) is 9.84 Å². The van der Waals surface area contributed by atoms with Crippen LogP contribution in [0.1, 0.15) is 0 Å². The van der Waals surface area contributed by atoms with E-state index < -0.39 is 9.84 Å². The maximum atomic E-state index is 11.4. The Balaban J connectivity index is 2.64. The maximum absolute atomic E-state index is 11.4. The summed E-state index contributed by atoms with van der Waals surface area (Å²) in [5, 5.41) is 3.20. The van der Waals surface area contributed by atoms with Gasteiger partial charge in [0.15, 0.2) is 0 Å². The van der Waals surface area contributed by atoms with Crippen LogP contribution in [-0.4, -0.2) is 31.7 Å². The van der Waals surface area contributed by atoms with Gasteiger partial charge in [0.05, 0.1) is 0 Å². The molecule has 0 radical (unpaired) electrons. The lowest BCUT2D eigenvalue weighted by Crippen LogP contribution is -2.07. The third kappa shape index (κ3) is 2.85. The van der Waals surface area contributed by atoms with E-state index in [1.54, 1.807) is 13.1 Å². The average Bonchev–Trinajstić information content (AvgIpc) is 2.37. The van der Waals surface area contributed by atoms with Crippen LogP contribution in [0.5, 0.6) is 0 Å². The number of sulfone groups is 1. The minimum Gasteiger partial charge on any atom is -0.372 e. The minimum absolute atomic E-state index is 0.215. The fourth-order valence-electron chi connectivity index (χ4n) is 1.61. The van der Waals surface area contributed by atoms with Crippen molar-refractivity contribution in [3.63, 3.8) is 0 Å². The zero-order valence-corrected chi connectivity index (χ0v) is 12.0. The summed E-state index contributed by atoms with van der Waals surface area (Å²) in [6.45, 7) is 0. The molecule has 2 rings (SSSR count). The molecule has 0 saturated carbocycles. The number of nitrogens with one attached hydrogen (secondary N) is 1. The van der Waals surface area contributed by atoms with E-state index in [1.165, 1.54) is 6.20 Å².